The van der Waals surface area contributed by atoms with Crippen LogP contribution in [0.15, 0.2) is 18.2 Å². The number of rotatable bonds is 1. The van der Waals surface area contributed by atoms with Crippen molar-refractivity contribution in [1.82, 2.24) is 0 Å². The van der Waals surface area contributed by atoms with Crippen molar-refractivity contribution in [2.45, 2.75) is 32.7 Å². The lowest BCUT2D eigenvalue weighted by Gasteiger charge is -2.06. The normalized spacial score (nSPS) is 28.9. The highest BCUT2D eigenvalue weighted by atomic mass is 19.1. The molecule has 1 nitrogen and oxygen atoms in total. The molecule has 2 heteroatoms. The lowest BCUT2D eigenvalue weighted by molar-refractivity contribution is 0.567. The van der Waals surface area contributed by atoms with Crippen LogP contribution < -0.4 is 5.73 Å². The van der Waals surface area contributed by atoms with E-state index >= 15 is 0 Å². The highest BCUT2D eigenvalue weighted by Crippen LogP contribution is 2.57. The molecule has 0 unspecified atom stereocenters. The number of nitrogens with two attached hydrogens (primary N) is 1. The van der Waals surface area contributed by atoms with Crippen LogP contribution in [0.2, 0.25) is 0 Å². The first-order valence-corrected chi connectivity index (χ1v) is 4.97. The van der Waals surface area contributed by atoms with Crippen molar-refractivity contribution in [3.63, 3.8) is 0 Å². The molecule has 1 saturated carbocycles. The van der Waals surface area contributed by atoms with Gasteiger partial charge >= 0.3 is 0 Å². The van der Waals surface area contributed by atoms with Crippen LogP contribution in [-0.4, -0.2) is 6.04 Å². The monoisotopic (exact) mass is 193 g/mol. The third-order valence-corrected chi connectivity index (χ3v) is 3.47. The fourth-order valence-corrected chi connectivity index (χ4v) is 2.18. The summed E-state index contributed by atoms with van der Waals surface area (Å²) in [4.78, 5) is 0. The van der Waals surface area contributed by atoms with Crippen LogP contribution in [0.4, 0.5) is 4.39 Å². The molecule has 2 rings (SSSR count). The Labute approximate surface area is 84.1 Å². The minimum atomic E-state index is -0.0847. The molecule has 0 aliphatic heterocycles. The average Bonchev–Trinajstić information content (AvgIpc) is 2.59. The third kappa shape index (κ3) is 1.17. The summed E-state index contributed by atoms with van der Waals surface area (Å²) in [6, 6.07) is 5.63. The third-order valence-electron chi connectivity index (χ3n) is 3.47. The Bertz CT molecular complexity index is 371. The van der Waals surface area contributed by atoms with Gasteiger partial charge in [0.2, 0.25) is 0 Å². The summed E-state index contributed by atoms with van der Waals surface area (Å²) in [5.41, 5.74) is 7.46. The molecule has 0 aromatic heterocycles. The van der Waals surface area contributed by atoms with Gasteiger partial charge in [0, 0.05) is 12.0 Å². The van der Waals surface area contributed by atoms with Crippen LogP contribution >= 0.6 is 0 Å². The van der Waals surface area contributed by atoms with Gasteiger partial charge in [-0.05, 0) is 23.5 Å². The molecule has 2 atom stereocenters. The predicted molar refractivity (Wildman–Crippen MR) is 55.6 cm³/mol. The van der Waals surface area contributed by atoms with Crippen LogP contribution in [0.5, 0.6) is 0 Å². The van der Waals surface area contributed by atoms with E-state index in [-0.39, 0.29) is 23.2 Å². The molecule has 1 fully saturated rings. The quantitative estimate of drug-likeness (QED) is 0.729. The highest BCUT2D eigenvalue weighted by Gasteiger charge is 2.57. The maximum atomic E-state index is 13.8. The van der Waals surface area contributed by atoms with Gasteiger partial charge in [0.25, 0.3) is 0 Å². The summed E-state index contributed by atoms with van der Waals surface area (Å²) < 4.78 is 13.8. The van der Waals surface area contributed by atoms with Crippen molar-refractivity contribution in [3.8, 4) is 0 Å². The number of aryl methyl sites for hydroxylation is 1. The van der Waals surface area contributed by atoms with Crippen molar-refractivity contribution >= 4 is 0 Å². The van der Waals surface area contributed by atoms with Gasteiger partial charge in [0.05, 0.1) is 0 Å². The van der Waals surface area contributed by atoms with E-state index in [0.717, 1.165) is 5.56 Å². The summed E-state index contributed by atoms with van der Waals surface area (Å²) in [6.45, 7) is 5.97. The van der Waals surface area contributed by atoms with Gasteiger partial charge in [0.1, 0.15) is 5.82 Å². The van der Waals surface area contributed by atoms with Gasteiger partial charge in [-0.25, -0.2) is 4.39 Å². The molecule has 2 N–H and O–H groups in total. The highest BCUT2D eigenvalue weighted by molar-refractivity contribution is 5.37. The molecular weight excluding hydrogens is 177 g/mol. The Kier molecular flexibility index (Phi) is 1.93. The maximum absolute atomic E-state index is 13.8. The van der Waals surface area contributed by atoms with Crippen LogP contribution in [0.3, 0.4) is 0 Å². The summed E-state index contributed by atoms with van der Waals surface area (Å²) in [6.07, 6.45) is 0. The van der Waals surface area contributed by atoms with E-state index in [0.29, 0.717) is 5.56 Å². The number of halogens is 1. The molecule has 0 radical (unpaired) electrons. The standard InChI is InChI=1S/C12H16FN/c1-7-5-4-6-8(10(7)13)9-11(14)12(9,2)3/h4-6,9,11H,14H2,1-3H3/t9-,11-/m0/s1. The Balaban J connectivity index is 2.40. The van der Waals surface area contributed by atoms with E-state index in [1.54, 1.807) is 13.0 Å². The fraction of sp³-hybridized carbons (Fsp3) is 0.500. The van der Waals surface area contributed by atoms with Gasteiger partial charge in [-0.15, -0.1) is 0 Å². The predicted octanol–water partition coefficient (Wildman–Crippen LogP) is 2.58. The zero-order valence-corrected chi connectivity index (χ0v) is 8.84. The van der Waals surface area contributed by atoms with Crippen molar-refractivity contribution < 1.29 is 4.39 Å². The molecule has 1 aromatic rings. The molecule has 0 saturated heterocycles. The van der Waals surface area contributed by atoms with E-state index < -0.39 is 0 Å². The Morgan fingerprint density at radius 1 is 1.36 bits per heavy atom. The summed E-state index contributed by atoms with van der Waals surface area (Å²) in [5.74, 6) is 0.0981. The van der Waals surface area contributed by atoms with E-state index in [1.165, 1.54) is 0 Å². The van der Waals surface area contributed by atoms with Crippen LogP contribution in [0.25, 0.3) is 0 Å². The molecule has 0 heterocycles. The lowest BCUT2D eigenvalue weighted by atomic mass is 10.0. The first-order chi connectivity index (χ1) is 6.46. The fourth-order valence-electron chi connectivity index (χ4n) is 2.18. The smallest absolute Gasteiger partial charge is 0.129 e. The second-order valence-electron chi connectivity index (χ2n) is 4.80. The van der Waals surface area contributed by atoms with Crippen LogP contribution in [0, 0.1) is 18.2 Å². The van der Waals surface area contributed by atoms with Gasteiger partial charge in [-0.3, -0.25) is 0 Å². The maximum Gasteiger partial charge on any atom is 0.129 e. The second kappa shape index (κ2) is 2.80. The lowest BCUT2D eigenvalue weighted by Crippen LogP contribution is -2.06. The molecule has 14 heavy (non-hydrogen) atoms. The first-order valence-electron chi connectivity index (χ1n) is 4.97. The zero-order chi connectivity index (χ0) is 10.5. The van der Waals surface area contributed by atoms with Crippen LogP contribution in [0.1, 0.15) is 30.9 Å². The Morgan fingerprint density at radius 3 is 2.43 bits per heavy atom. The largest absolute Gasteiger partial charge is 0.327 e. The van der Waals surface area contributed by atoms with E-state index in [9.17, 15) is 4.39 Å². The molecular formula is C12H16FN. The van der Waals surface area contributed by atoms with Gasteiger partial charge in [-0.1, -0.05) is 32.0 Å². The van der Waals surface area contributed by atoms with E-state index in [2.05, 4.69) is 13.8 Å². The Morgan fingerprint density at radius 2 is 1.93 bits per heavy atom. The topological polar surface area (TPSA) is 26.0 Å². The summed E-state index contributed by atoms with van der Waals surface area (Å²) in [7, 11) is 0. The number of benzene rings is 1. The first kappa shape index (κ1) is 9.66. The molecule has 0 amide bonds. The van der Waals surface area contributed by atoms with Crippen LogP contribution in [-0.2, 0) is 0 Å². The molecule has 1 aliphatic carbocycles. The average molecular weight is 193 g/mol. The summed E-state index contributed by atoms with van der Waals surface area (Å²) >= 11 is 0. The zero-order valence-electron chi connectivity index (χ0n) is 8.84. The minimum absolute atomic E-state index is 0.0502. The van der Waals surface area contributed by atoms with Crippen molar-refractivity contribution in [1.29, 1.82) is 0 Å². The Hall–Kier alpha value is -0.890. The second-order valence-corrected chi connectivity index (χ2v) is 4.80. The molecule has 1 aliphatic rings. The van der Waals surface area contributed by atoms with Gasteiger partial charge in [0.15, 0.2) is 0 Å². The molecule has 0 bridgehead atoms. The van der Waals surface area contributed by atoms with Gasteiger partial charge in [-0.2, -0.15) is 0 Å². The van der Waals surface area contributed by atoms with E-state index in [4.69, 9.17) is 5.73 Å². The summed E-state index contributed by atoms with van der Waals surface area (Å²) in [5, 5.41) is 0. The molecule has 0 spiro atoms. The van der Waals surface area contributed by atoms with Crippen molar-refractivity contribution in [2.75, 3.05) is 0 Å². The van der Waals surface area contributed by atoms with E-state index in [1.807, 2.05) is 12.1 Å². The minimum Gasteiger partial charge on any atom is -0.327 e. The number of hydrogen-bond acceptors (Lipinski definition) is 1. The molecule has 1 aromatic carbocycles. The van der Waals surface area contributed by atoms with Crippen molar-refractivity contribution in [3.05, 3.63) is 35.1 Å². The van der Waals surface area contributed by atoms with Crippen molar-refractivity contribution in [2.24, 2.45) is 11.1 Å². The SMILES string of the molecule is Cc1cccc([C@H]2[C@H](N)C2(C)C)c1F. The molecule has 76 valence electrons. The number of hydrogen-bond donors (Lipinski definition) is 1. The van der Waals surface area contributed by atoms with Gasteiger partial charge < -0.3 is 5.73 Å².